The molecule has 6 rings (SSSR count). The number of amides is 3. The maximum absolute atomic E-state index is 13.2. The van der Waals surface area contributed by atoms with Crippen molar-refractivity contribution >= 4 is 50.6 Å². The van der Waals surface area contributed by atoms with Crippen LogP contribution in [0.3, 0.4) is 0 Å². The van der Waals surface area contributed by atoms with Crippen molar-refractivity contribution in [2.24, 2.45) is 5.92 Å². The number of fused-ring (bicyclic) bond motifs is 6. The molecular weight excluding hydrogens is 493 g/mol. The molecule has 178 valence electrons. The molecule has 0 radical (unpaired) electrons. The normalized spacial score (nSPS) is 21.8. The minimum atomic E-state index is -0.251. The zero-order valence-corrected chi connectivity index (χ0v) is 21.1. The lowest BCUT2D eigenvalue weighted by molar-refractivity contribution is -0.471. The summed E-state index contributed by atoms with van der Waals surface area (Å²) < 4.78 is 6.52. The van der Waals surface area contributed by atoms with Crippen molar-refractivity contribution in [3.63, 3.8) is 0 Å². The van der Waals surface area contributed by atoms with E-state index in [2.05, 4.69) is 17.0 Å². The third-order valence-corrected chi connectivity index (χ3v) is 8.86. The Morgan fingerprint density at radius 2 is 1.97 bits per heavy atom. The van der Waals surface area contributed by atoms with Crippen LogP contribution in [0.25, 0.3) is 10.1 Å². The Kier molecular flexibility index (Phi) is 6.33. The van der Waals surface area contributed by atoms with Gasteiger partial charge in [-0.25, -0.2) is 15.0 Å². The number of benzene rings is 2. The van der Waals surface area contributed by atoms with Crippen LogP contribution in [0.5, 0.6) is 5.75 Å². The number of methoxy groups -OCH3 is 1. The average molecular weight is 518 g/mol. The summed E-state index contributed by atoms with van der Waals surface area (Å²) in [6.07, 6.45) is 2.19. The molecule has 3 aliphatic rings. The molecule has 0 bridgehead atoms. The molecule has 3 heterocycles. The van der Waals surface area contributed by atoms with Crippen LogP contribution >= 0.6 is 22.9 Å². The van der Waals surface area contributed by atoms with E-state index >= 15 is 0 Å². The van der Waals surface area contributed by atoms with E-state index < -0.39 is 0 Å². The average Bonchev–Trinajstić information content (AvgIpc) is 3.40. The number of ether oxygens (including phenoxy) is 1. The smallest absolute Gasteiger partial charge is 0.428 e. The van der Waals surface area contributed by atoms with Crippen molar-refractivity contribution in [3.8, 4) is 5.75 Å². The second-order valence-electron chi connectivity index (χ2n) is 9.09. The number of nitrogens with zero attached hydrogens (tertiary/aromatic N) is 2. The quantitative estimate of drug-likeness (QED) is 0.560. The first-order valence-electron chi connectivity index (χ1n) is 11.3. The standard InChI is InChI=1S/C25H24ClN3O3S.ClH/c1-32-19-6-2-4-15-16(19)9-8-14-12-28(13-17(14)15)10-11-29-24(30)23-22(27-25(29)31)21-18(26)5-3-7-20(21)33-23;/h2-7,14,17H,8-13H2,1H3,(H,27,31);1H/t14-,17+;/m0./s1. The van der Waals surface area contributed by atoms with Crippen LogP contribution in [0.1, 0.15) is 33.1 Å². The summed E-state index contributed by atoms with van der Waals surface area (Å²) in [6, 6.07) is 11.7. The second-order valence-corrected chi connectivity index (χ2v) is 10.5. The van der Waals surface area contributed by atoms with Crippen LogP contribution in [0.4, 0.5) is 10.5 Å². The molecular formula is C25H25Cl2N3O3S. The SMILES string of the molecule is COc1cccc2c1CC[C@H]1CN(CCN3C(=O)[NH2+]c4c(sc5cccc(Cl)c45)C3=O)C[C@@H]21.[Cl-]. The Morgan fingerprint density at radius 1 is 1.15 bits per heavy atom. The van der Waals surface area contributed by atoms with Gasteiger partial charge in [-0.1, -0.05) is 29.8 Å². The summed E-state index contributed by atoms with van der Waals surface area (Å²) >= 11 is 7.78. The van der Waals surface area contributed by atoms with E-state index in [1.54, 1.807) is 18.5 Å². The zero-order chi connectivity index (χ0) is 22.7. The number of halogens is 2. The maximum atomic E-state index is 13.2. The minimum absolute atomic E-state index is 0. The van der Waals surface area contributed by atoms with Gasteiger partial charge in [0.2, 0.25) is 0 Å². The summed E-state index contributed by atoms with van der Waals surface area (Å²) in [5, 5.41) is 2.96. The number of rotatable bonds is 4. The van der Waals surface area contributed by atoms with Crippen LogP contribution < -0.4 is 22.5 Å². The summed E-state index contributed by atoms with van der Waals surface area (Å²) in [7, 11) is 1.74. The number of hydrogen-bond acceptors (Lipinski definition) is 5. The van der Waals surface area contributed by atoms with Crippen LogP contribution in [-0.4, -0.2) is 55.0 Å². The first-order valence-corrected chi connectivity index (χ1v) is 12.5. The fourth-order valence-corrected chi connectivity index (χ4v) is 7.30. The van der Waals surface area contributed by atoms with Gasteiger partial charge in [-0.05, 0) is 48.1 Å². The predicted molar refractivity (Wildman–Crippen MR) is 129 cm³/mol. The van der Waals surface area contributed by atoms with E-state index in [1.807, 2.05) is 18.2 Å². The van der Waals surface area contributed by atoms with Crippen LogP contribution in [0, 0.1) is 5.92 Å². The molecule has 0 unspecified atom stereocenters. The van der Waals surface area contributed by atoms with Gasteiger partial charge >= 0.3 is 6.03 Å². The number of nitrogens with two attached hydrogens (primary N) is 1. The van der Waals surface area contributed by atoms with Gasteiger partial charge in [0.15, 0.2) is 10.6 Å². The molecule has 1 aliphatic carbocycles. The molecule has 2 atom stereocenters. The van der Waals surface area contributed by atoms with Gasteiger partial charge in [0, 0.05) is 36.8 Å². The monoisotopic (exact) mass is 517 g/mol. The fraction of sp³-hybridized carbons (Fsp3) is 0.360. The van der Waals surface area contributed by atoms with Crippen molar-refractivity contribution in [1.29, 1.82) is 0 Å². The molecule has 1 aromatic heterocycles. The highest BCUT2D eigenvalue weighted by molar-refractivity contribution is 7.21. The molecule has 2 aromatic carbocycles. The third-order valence-electron chi connectivity index (χ3n) is 7.38. The lowest BCUT2D eigenvalue weighted by Gasteiger charge is -2.28. The van der Waals surface area contributed by atoms with Gasteiger partial charge in [0.25, 0.3) is 5.91 Å². The number of urea groups is 1. The van der Waals surface area contributed by atoms with Crippen LogP contribution in [-0.2, 0) is 6.42 Å². The summed E-state index contributed by atoms with van der Waals surface area (Å²) in [5.41, 5.74) is 3.41. The van der Waals surface area contributed by atoms with Gasteiger partial charge in [-0.3, -0.25) is 4.79 Å². The number of quaternary nitrogens is 1. The van der Waals surface area contributed by atoms with E-state index in [-0.39, 0.29) is 24.3 Å². The van der Waals surface area contributed by atoms with Crippen molar-refractivity contribution in [2.45, 2.75) is 18.8 Å². The minimum Gasteiger partial charge on any atom is -1.00 e. The van der Waals surface area contributed by atoms with Crippen LogP contribution in [0.15, 0.2) is 36.4 Å². The Hall–Kier alpha value is -2.16. The molecule has 0 saturated carbocycles. The number of thiophene rings is 1. The van der Waals surface area contributed by atoms with E-state index in [0.717, 1.165) is 41.8 Å². The molecule has 6 nitrogen and oxygen atoms in total. The first kappa shape index (κ1) is 23.6. The van der Waals surface area contributed by atoms with Crippen LogP contribution in [0.2, 0.25) is 5.02 Å². The van der Waals surface area contributed by atoms with Gasteiger partial charge < -0.3 is 22.0 Å². The third kappa shape index (κ3) is 3.71. The van der Waals surface area contributed by atoms with Gasteiger partial charge in [0.1, 0.15) is 5.75 Å². The summed E-state index contributed by atoms with van der Waals surface area (Å²) in [5.74, 6) is 1.88. The topological polar surface area (TPSA) is 66.5 Å². The number of primary amides is 1. The number of likely N-dealkylation sites (tertiary alicyclic amines) is 1. The van der Waals surface area contributed by atoms with E-state index in [4.69, 9.17) is 16.3 Å². The zero-order valence-electron chi connectivity index (χ0n) is 18.7. The highest BCUT2D eigenvalue weighted by Crippen LogP contribution is 2.44. The highest BCUT2D eigenvalue weighted by Gasteiger charge is 2.41. The Balaban J connectivity index is 0.00000241. The van der Waals surface area contributed by atoms with Gasteiger partial charge in [0.05, 0.1) is 17.5 Å². The van der Waals surface area contributed by atoms with Gasteiger partial charge in [-0.2, -0.15) is 0 Å². The maximum Gasteiger partial charge on any atom is 0.428 e. The van der Waals surface area contributed by atoms with E-state index in [0.29, 0.717) is 40.5 Å². The molecule has 3 aromatic rings. The fourth-order valence-electron chi connectivity index (χ4n) is 5.81. The molecule has 1 fully saturated rings. The molecule has 0 spiro atoms. The number of imide groups is 1. The Bertz CT molecular complexity index is 1290. The Labute approximate surface area is 213 Å². The highest BCUT2D eigenvalue weighted by atomic mass is 35.5. The molecule has 2 N–H and O–H groups in total. The van der Waals surface area contributed by atoms with Crippen molar-refractivity contribution in [2.75, 3.05) is 33.3 Å². The number of hydrogen-bond donors (Lipinski definition) is 1. The largest absolute Gasteiger partial charge is 1.00 e. The van der Waals surface area contributed by atoms with Crippen molar-refractivity contribution in [1.82, 2.24) is 9.80 Å². The molecule has 34 heavy (non-hydrogen) atoms. The summed E-state index contributed by atoms with van der Waals surface area (Å²) in [4.78, 5) is 30.5. The molecule has 9 heteroatoms. The molecule has 3 amide bonds. The molecule has 1 saturated heterocycles. The predicted octanol–water partition coefficient (Wildman–Crippen LogP) is 1.000. The number of carbonyl (C=O) groups excluding carboxylic acids is 2. The lowest BCUT2D eigenvalue weighted by Crippen LogP contribution is -3.00. The van der Waals surface area contributed by atoms with Crippen molar-refractivity contribution in [3.05, 3.63) is 57.4 Å². The second kappa shape index (κ2) is 9.13. The molecule has 2 aliphatic heterocycles. The van der Waals surface area contributed by atoms with Gasteiger partial charge in [-0.15, -0.1) is 11.3 Å². The lowest BCUT2D eigenvalue weighted by atomic mass is 9.77. The van der Waals surface area contributed by atoms with E-state index in [1.165, 1.54) is 27.4 Å². The number of carbonyl (C=O) groups is 2. The summed E-state index contributed by atoms with van der Waals surface area (Å²) in [6.45, 7) is 3.05. The Morgan fingerprint density at radius 3 is 2.79 bits per heavy atom. The van der Waals surface area contributed by atoms with Crippen molar-refractivity contribution < 1.29 is 32.0 Å². The van der Waals surface area contributed by atoms with E-state index in [9.17, 15) is 9.59 Å². The first-order chi connectivity index (χ1) is 16.0.